The SMILES string of the molecule is CC(C)(CNC(=O)OC(C)(C)C)COC(=O)C1NCCc2ccccc21. The monoisotopic (exact) mass is 362 g/mol. The third-order valence-electron chi connectivity index (χ3n) is 4.06. The highest BCUT2D eigenvalue weighted by molar-refractivity contribution is 5.78. The van der Waals surface area contributed by atoms with E-state index in [2.05, 4.69) is 10.6 Å². The quantitative estimate of drug-likeness (QED) is 0.788. The Hall–Kier alpha value is -2.08. The molecule has 26 heavy (non-hydrogen) atoms. The summed E-state index contributed by atoms with van der Waals surface area (Å²) >= 11 is 0. The number of rotatable bonds is 5. The molecule has 144 valence electrons. The fourth-order valence-electron chi connectivity index (χ4n) is 2.74. The maximum atomic E-state index is 12.5. The van der Waals surface area contributed by atoms with Gasteiger partial charge in [-0.05, 0) is 38.3 Å². The van der Waals surface area contributed by atoms with Gasteiger partial charge in [-0.3, -0.25) is 0 Å². The number of alkyl carbamates (subject to hydrolysis) is 1. The highest BCUT2D eigenvalue weighted by Crippen LogP contribution is 2.24. The smallest absolute Gasteiger partial charge is 0.407 e. The average molecular weight is 362 g/mol. The predicted molar refractivity (Wildman–Crippen MR) is 99.9 cm³/mol. The van der Waals surface area contributed by atoms with Crippen molar-refractivity contribution in [2.24, 2.45) is 5.41 Å². The van der Waals surface area contributed by atoms with Gasteiger partial charge in [-0.2, -0.15) is 0 Å². The minimum absolute atomic E-state index is 0.210. The van der Waals surface area contributed by atoms with E-state index in [1.807, 2.05) is 58.9 Å². The van der Waals surface area contributed by atoms with Gasteiger partial charge in [-0.1, -0.05) is 38.1 Å². The van der Waals surface area contributed by atoms with Gasteiger partial charge in [0, 0.05) is 18.5 Å². The molecular formula is C20H30N2O4. The molecule has 6 heteroatoms. The molecule has 0 aliphatic carbocycles. The molecule has 1 atom stereocenters. The maximum absolute atomic E-state index is 12.5. The molecule has 0 radical (unpaired) electrons. The molecule has 0 bridgehead atoms. The standard InChI is InChI=1S/C20H30N2O4/c1-19(2,3)26-18(24)22-12-20(4,5)13-25-17(23)16-15-9-7-6-8-14(15)10-11-21-16/h6-9,16,21H,10-13H2,1-5H3,(H,22,24). The van der Waals surface area contributed by atoms with Gasteiger partial charge in [0.05, 0.1) is 6.61 Å². The first-order valence-corrected chi connectivity index (χ1v) is 9.02. The van der Waals surface area contributed by atoms with Crippen molar-refractivity contribution in [3.63, 3.8) is 0 Å². The maximum Gasteiger partial charge on any atom is 0.407 e. The largest absolute Gasteiger partial charge is 0.464 e. The molecule has 1 aliphatic rings. The number of hydrogen-bond donors (Lipinski definition) is 2. The molecule has 0 saturated heterocycles. The Labute approximate surface area is 155 Å². The number of amides is 1. The first kappa shape index (κ1) is 20.2. The van der Waals surface area contributed by atoms with Crippen molar-refractivity contribution in [3.05, 3.63) is 35.4 Å². The van der Waals surface area contributed by atoms with Crippen molar-refractivity contribution in [2.75, 3.05) is 19.7 Å². The van der Waals surface area contributed by atoms with Crippen LogP contribution in [0.25, 0.3) is 0 Å². The molecule has 1 aliphatic heterocycles. The Kier molecular flexibility index (Phi) is 6.29. The summed E-state index contributed by atoms with van der Waals surface area (Å²) in [4.78, 5) is 24.3. The van der Waals surface area contributed by atoms with Crippen LogP contribution in [0.15, 0.2) is 24.3 Å². The normalized spacial score (nSPS) is 17.2. The Bertz CT molecular complexity index is 649. The van der Waals surface area contributed by atoms with Crippen LogP contribution >= 0.6 is 0 Å². The van der Waals surface area contributed by atoms with Gasteiger partial charge in [-0.25, -0.2) is 9.59 Å². The average Bonchev–Trinajstić information content (AvgIpc) is 2.56. The Morgan fingerprint density at radius 1 is 1.19 bits per heavy atom. The van der Waals surface area contributed by atoms with E-state index in [0.29, 0.717) is 6.54 Å². The van der Waals surface area contributed by atoms with Crippen molar-refractivity contribution in [1.82, 2.24) is 10.6 Å². The molecule has 0 spiro atoms. The summed E-state index contributed by atoms with van der Waals surface area (Å²) in [6.07, 6.45) is 0.436. The van der Waals surface area contributed by atoms with Crippen LogP contribution < -0.4 is 10.6 Å². The van der Waals surface area contributed by atoms with E-state index in [1.54, 1.807) is 0 Å². The Morgan fingerprint density at radius 2 is 1.88 bits per heavy atom. The molecule has 0 saturated carbocycles. The lowest BCUT2D eigenvalue weighted by Gasteiger charge is -2.29. The lowest BCUT2D eigenvalue weighted by atomic mass is 9.93. The molecule has 6 nitrogen and oxygen atoms in total. The molecule has 2 N–H and O–H groups in total. The van der Waals surface area contributed by atoms with E-state index in [1.165, 1.54) is 5.56 Å². The first-order chi connectivity index (χ1) is 12.1. The van der Waals surface area contributed by atoms with Crippen LogP contribution in [0.5, 0.6) is 0 Å². The lowest BCUT2D eigenvalue weighted by molar-refractivity contribution is -0.149. The Balaban J connectivity index is 1.86. The van der Waals surface area contributed by atoms with E-state index < -0.39 is 23.2 Å². The second kappa shape index (κ2) is 8.08. The van der Waals surface area contributed by atoms with Gasteiger partial charge < -0.3 is 20.1 Å². The highest BCUT2D eigenvalue weighted by Gasteiger charge is 2.29. The molecule has 1 aromatic rings. The predicted octanol–water partition coefficient (Wildman–Crippen LogP) is 2.97. The number of esters is 1. The van der Waals surface area contributed by atoms with Gasteiger partial charge >= 0.3 is 12.1 Å². The summed E-state index contributed by atoms with van der Waals surface area (Å²) in [5.41, 5.74) is 1.22. The number of carbonyl (C=O) groups excluding carboxylic acids is 2. The highest BCUT2D eigenvalue weighted by atomic mass is 16.6. The van der Waals surface area contributed by atoms with Crippen molar-refractivity contribution in [3.8, 4) is 0 Å². The van der Waals surface area contributed by atoms with Crippen LogP contribution in [0.2, 0.25) is 0 Å². The molecule has 2 rings (SSSR count). The fourth-order valence-corrected chi connectivity index (χ4v) is 2.74. The number of hydrogen-bond acceptors (Lipinski definition) is 5. The summed E-state index contributed by atoms with van der Waals surface area (Å²) in [6, 6.07) is 7.49. The zero-order valence-corrected chi connectivity index (χ0v) is 16.3. The van der Waals surface area contributed by atoms with E-state index in [0.717, 1.165) is 18.5 Å². The van der Waals surface area contributed by atoms with Crippen LogP contribution in [-0.4, -0.2) is 37.4 Å². The van der Waals surface area contributed by atoms with Crippen LogP contribution in [0.1, 0.15) is 51.8 Å². The van der Waals surface area contributed by atoms with E-state index in [-0.39, 0.29) is 12.6 Å². The number of benzene rings is 1. The minimum atomic E-state index is -0.541. The number of fused-ring (bicyclic) bond motifs is 1. The summed E-state index contributed by atoms with van der Waals surface area (Å²) in [7, 11) is 0. The topological polar surface area (TPSA) is 76.7 Å². The van der Waals surface area contributed by atoms with Crippen molar-refractivity contribution in [2.45, 2.75) is 52.7 Å². The molecule has 0 aromatic heterocycles. The van der Waals surface area contributed by atoms with E-state index >= 15 is 0 Å². The zero-order valence-electron chi connectivity index (χ0n) is 16.3. The molecule has 0 fully saturated rings. The van der Waals surface area contributed by atoms with Gasteiger partial charge in [0.25, 0.3) is 0 Å². The van der Waals surface area contributed by atoms with E-state index in [9.17, 15) is 9.59 Å². The third-order valence-corrected chi connectivity index (χ3v) is 4.06. The van der Waals surface area contributed by atoms with Gasteiger partial charge in [0.1, 0.15) is 11.6 Å². The summed E-state index contributed by atoms with van der Waals surface area (Å²) in [5, 5.41) is 5.95. The number of carbonyl (C=O) groups is 2. The number of nitrogens with one attached hydrogen (secondary N) is 2. The summed E-state index contributed by atoms with van der Waals surface area (Å²) in [5.74, 6) is -0.289. The van der Waals surface area contributed by atoms with E-state index in [4.69, 9.17) is 9.47 Å². The van der Waals surface area contributed by atoms with Gasteiger partial charge in [-0.15, -0.1) is 0 Å². The van der Waals surface area contributed by atoms with Crippen LogP contribution in [0, 0.1) is 5.41 Å². The van der Waals surface area contributed by atoms with Crippen molar-refractivity contribution < 1.29 is 19.1 Å². The first-order valence-electron chi connectivity index (χ1n) is 9.02. The van der Waals surface area contributed by atoms with Crippen molar-refractivity contribution >= 4 is 12.1 Å². The molecular weight excluding hydrogens is 332 g/mol. The summed E-state index contributed by atoms with van der Waals surface area (Å²) < 4.78 is 10.8. The summed E-state index contributed by atoms with van der Waals surface area (Å²) in [6.45, 7) is 10.6. The third kappa shape index (κ3) is 6.02. The van der Waals surface area contributed by atoms with Crippen LogP contribution in [0.3, 0.4) is 0 Å². The lowest BCUT2D eigenvalue weighted by Crippen LogP contribution is -2.41. The van der Waals surface area contributed by atoms with Crippen LogP contribution in [-0.2, 0) is 20.7 Å². The Morgan fingerprint density at radius 3 is 2.58 bits per heavy atom. The fraction of sp³-hybridized carbons (Fsp3) is 0.600. The van der Waals surface area contributed by atoms with Crippen LogP contribution in [0.4, 0.5) is 4.79 Å². The zero-order chi connectivity index (χ0) is 19.4. The molecule has 1 heterocycles. The van der Waals surface area contributed by atoms with Gasteiger partial charge in [0.2, 0.25) is 0 Å². The van der Waals surface area contributed by atoms with Gasteiger partial charge in [0.15, 0.2) is 0 Å². The van der Waals surface area contributed by atoms with Crippen molar-refractivity contribution in [1.29, 1.82) is 0 Å². The second-order valence-corrected chi connectivity index (χ2v) is 8.46. The molecule has 1 unspecified atom stereocenters. The minimum Gasteiger partial charge on any atom is -0.464 e. The molecule has 1 aromatic carbocycles. The second-order valence-electron chi connectivity index (χ2n) is 8.46. The number of ether oxygens (including phenoxy) is 2. The molecule has 1 amide bonds.